The number of aromatic nitrogens is 1. The Morgan fingerprint density at radius 1 is 0.596 bits per heavy atom. The van der Waals surface area contributed by atoms with Gasteiger partial charge in [0, 0.05) is 28.3 Å². The van der Waals surface area contributed by atoms with E-state index >= 15 is 0 Å². The molecule has 1 aromatic heterocycles. The molecule has 1 N–H and O–H groups in total. The third-order valence-electron chi connectivity index (χ3n) is 11.0. The van der Waals surface area contributed by atoms with Crippen molar-refractivity contribution >= 4 is 44.5 Å². The van der Waals surface area contributed by atoms with Crippen molar-refractivity contribution in [3.63, 3.8) is 0 Å². The molecular weight excluding hydrogens is 704 g/mol. The highest BCUT2D eigenvalue weighted by molar-refractivity contribution is 6.03. The van der Waals surface area contributed by atoms with Crippen LogP contribution in [0.4, 0.5) is 10.1 Å². The number of phenolic OH excluding ortho intramolecular Hbond substituents is 1. The summed E-state index contributed by atoms with van der Waals surface area (Å²) in [5.41, 5.74) is 10.3. The van der Waals surface area contributed by atoms with E-state index in [1.165, 1.54) is 12.1 Å². The van der Waals surface area contributed by atoms with Crippen LogP contribution in [0, 0.1) is 5.82 Å². The Bertz CT molecular complexity index is 2860. The molecule has 0 aliphatic rings. The van der Waals surface area contributed by atoms with Crippen molar-refractivity contribution in [3.8, 4) is 39.5 Å². The lowest BCUT2D eigenvalue weighted by molar-refractivity contribution is 0.444. The first kappa shape index (κ1) is 37.8. The number of halogens is 1. The Morgan fingerprint density at radius 3 is 1.89 bits per heavy atom. The Balaban J connectivity index is 1.28. The molecule has 0 saturated heterocycles. The zero-order valence-corrected chi connectivity index (χ0v) is 34.3. The molecule has 0 saturated carbocycles. The van der Waals surface area contributed by atoms with E-state index in [1.807, 2.05) is 36.4 Å². The van der Waals surface area contributed by atoms with Crippen LogP contribution in [0.1, 0.15) is 84.6 Å². The van der Waals surface area contributed by atoms with Crippen LogP contribution in [0.3, 0.4) is 0 Å². The lowest BCUT2D eigenvalue weighted by Crippen LogP contribution is -2.17. The van der Waals surface area contributed by atoms with Gasteiger partial charge in [-0.2, -0.15) is 0 Å². The minimum Gasteiger partial charge on any atom is -0.507 e. The number of phenols is 1. The maximum absolute atomic E-state index is 13.6. The van der Waals surface area contributed by atoms with Gasteiger partial charge in [0.05, 0.1) is 11.3 Å². The van der Waals surface area contributed by atoms with Crippen LogP contribution < -0.4 is 0 Å². The number of aromatic hydroxyl groups is 1. The highest BCUT2D eigenvalue weighted by Gasteiger charge is 2.26. The molecule has 7 aromatic carbocycles. The first-order valence-electron chi connectivity index (χ1n) is 19.6. The minimum absolute atomic E-state index is 0.124. The summed E-state index contributed by atoms with van der Waals surface area (Å²) in [6.45, 7) is 19.5. The molecule has 0 unspecified atom stereocenters. The van der Waals surface area contributed by atoms with Crippen LogP contribution in [0.15, 0.2) is 131 Å². The van der Waals surface area contributed by atoms with Crippen molar-refractivity contribution in [1.82, 2.24) is 4.98 Å². The molecule has 5 heteroatoms. The number of rotatable bonds is 5. The molecule has 8 aromatic rings. The number of nitrogens with zero attached hydrogens (tertiary/aromatic N) is 2. The maximum Gasteiger partial charge on any atom is 0.229 e. The highest BCUT2D eigenvalue weighted by Crippen LogP contribution is 2.43. The number of aliphatic imine (C=N–C) groups is 1. The van der Waals surface area contributed by atoms with Crippen LogP contribution in [0.5, 0.6) is 5.75 Å². The van der Waals surface area contributed by atoms with E-state index in [0.29, 0.717) is 17.0 Å². The van der Waals surface area contributed by atoms with Crippen LogP contribution in [0.25, 0.3) is 66.4 Å². The molecule has 0 aliphatic heterocycles. The molecule has 1 heterocycles. The van der Waals surface area contributed by atoms with Crippen molar-refractivity contribution in [2.24, 2.45) is 4.99 Å². The maximum atomic E-state index is 13.6. The second kappa shape index (κ2) is 13.8. The first-order valence-corrected chi connectivity index (χ1v) is 19.6. The second-order valence-electron chi connectivity index (χ2n) is 18.3. The first-order chi connectivity index (χ1) is 26.9. The molecule has 0 bridgehead atoms. The van der Waals surface area contributed by atoms with Gasteiger partial charge in [0.2, 0.25) is 5.89 Å². The van der Waals surface area contributed by atoms with E-state index in [1.54, 1.807) is 6.21 Å². The van der Waals surface area contributed by atoms with Gasteiger partial charge in [-0.15, -0.1) is 0 Å². The van der Waals surface area contributed by atoms with Gasteiger partial charge in [-0.05, 0) is 109 Å². The van der Waals surface area contributed by atoms with Gasteiger partial charge in [-0.3, -0.25) is 4.99 Å². The van der Waals surface area contributed by atoms with Gasteiger partial charge in [0.15, 0.2) is 5.58 Å². The zero-order valence-electron chi connectivity index (χ0n) is 34.3. The smallest absolute Gasteiger partial charge is 0.229 e. The fourth-order valence-electron chi connectivity index (χ4n) is 7.49. The van der Waals surface area contributed by atoms with E-state index in [2.05, 4.69) is 135 Å². The second-order valence-corrected chi connectivity index (χ2v) is 18.3. The summed E-state index contributed by atoms with van der Waals surface area (Å²) in [5.74, 6) is 0.470. The molecule has 286 valence electrons. The van der Waals surface area contributed by atoms with Crippen molar-refractivity contribution in [2.45, 2.75) is 78.6 Å². The van der Waals surface area contributed by atoms with Gasteiger partial charge in [0.25, 0.3) is 0 Å². The SMILES string of the molecule is CC(C)(C)c1cc(C=Nc2c(-c3nc4c(-c5ccc6cc(-c7ccc(F)cc7)ccc6c5)cc(C(C)(C)C)cc4o3)ccc3ccccc23)c(O)c(C(C)(C)C)c1. The van der Waals surface area contributed by atoms with Crippen molar-refractivity contribution < 1.29 is 13.9 Å². The van der Waals surface area contributed by atoms with E-state index in [-0.39, 0.29) is 27.8 Å². The summed E-state index contributed by atoms with van der Waals surface area (Å²) in [5, 5.41) is 15.8. The number of fused-ring (bicyclic) bond motifs is 3. The normalized spacial score (nSPS) is 12.7. The van der Waals surface area contributed by atoms with Gasteiger partial charge in [-0.1, -0.05) is 135 Å². The highest BCUT2D eigenvalue weighted by atomic mass is 19.1. The molecule has 0 spiro atoms. The summed E-state index contributed by atoms with van der Waals surface area (Å²) in [6, 6.07) is 40.3. The van der Waals surface area contributed by atoms with Crippen LogP contribution in [-0.4, -0.2) is 16.3 Å². The van der Waals surface area contributed by atoms with Crippen LogP contribution >= 0.6 is 0 Å². The summed E-state index contributed by atoms with van der Waals surface area (Å²) < 4.78 is 20.4. The largest absolute Gasteiger partial charge is 0.507 e. The Hall–Kier alpha value is -6.07. The van der Waals surface area contributed by atoms with Gasteiger partial charge < -0.3 is 9.52 Å². The molecule has 0 radical (unpaired) electrons. The summed E-state index contributed by atoms with van der Waals surface area (Å²) in [4.78, 5) is 10.4. The topological polar surface area (TPSA) is 58.6 Å². The fraction of sp³-hybridized carbons (Fsp3) is 0.231. The standard InChI is InChI=1S/C52H49FN2O2/c1-50(2,3)38-26-37(48(56)44(28-38)52(7,8)9)30-54-46-41-13-11-10-12-32(41)20-23-42(46)49-55-47-43(27-39(51(4,5)6)29-45(47)57-49)36-17-16-34-24-33(14-15-35(34)25-36)31-18-21-40(53)22-19-31/h10-30,56H,1-9H3. The summed E-state index contributed by atoms with van der Waals surface area (Å²) in [7, 11) is 0. The van der Waals surface area contributed by atoms with Crippen molar-refractivity contribution in [2.75, 3.05) is 0 Å². The van der Waals surface area contributed by atoms with Gasteiger partial charge >= 0.3 is 0 Å². The third kappa shape index (κ3) is 7.35. The molecule has 4 nitrogen and oxygen atoms in total. The number of benzene rings is 7. The van der Waals surface area contributed by atoms with E-state index in [0.717, 1.165) is 77.3 Å². The fourth-order valence-corrected chi connectivity index (χ4v) is 7.49. The van der Waals surface area contributed by atoms with Crippen molar-refractivity contribution in [1.29, 1.82) is 0 Å². The monoisotopic (exact) mass is 752 g/mol. The molecule has 0 amide bonds. The molecule has 0 fully saturated rings. The summed E-state index contributed by atoms with van der Waals surface area (Å²) in [6.07, 6.45) is 1.79. The Labute approximate surface area is 334 Å². The van der Waals surface area contributed by atoms with E-state index in [9.17, 15) is 9.50 Å². The molecule has 0 aliphatic carbocycles. The Kier molecular flexibility index (Phi) is 9.19. The number of oxazole rings is 1. The van der Waals surface area contributed by atoms with Gasteiger partial charge in [-0.25, -0.2) is 9.37 Å². The summed E-state index contributed by atoms with van der Waals surface area (Å²) >= 11 is 0. The lowest BCUT2D eigenvalue weighted by atomic mass is 9.79. The molecule has 8 rings (SSSR count). The molecule has 0 atom stereocenters. The van der Waals surface area contributed by atoms with Crippen LogP contribution in [-0.2, 0) is 16.2 Å². The third-order valence-corrected chi connectivity index (χ3v) is 11.0. The predicted octanol–water partition coefficient (Wildman–Crippen LogP) is 14.6. The Morgan fingerprint density at radius 2 is 1.21 bits per heavy atom. The minimum atomic E-state index is -0.266. The lowest BCUT2D eigenvalue weighted by Gasteiger charge is -2.27. The van der Waals surface area contributed by atoms with Crippen molar-refractivity contribution in [3.05, 3.63) is 149 Å². The number of hydrogen-bond acceptors (Lipinski definition) is 4. The average Bonchev–Trinajstić information content (AvgIpc) is 3.60. The number of hydrogen-bond donors (Lipinski definition) is 1. The molecular formula is C52H49FN2O2. The average molecular weight is 753 g/mol. The quantitative estimate of drug-likeness (QED) is 0.178. The van der Waals surface area contributed by atoms with E-state index < -0.39 is 0 Å². The zero-order chi connectivity index (χ0) is 40.4. The predicted molar refractivity (Wildman–Crippen MR) is 237 cm³/mol. The molecule has 57 heavy (non-hydrogen) atoms. The van der Waals surface area contributed by atoms with Crippen LogP contribution in [0.2, 0.25) is 0 Å². The van der Waals surface area contributed by atoms with E-state index in [4.69, 9.17) is 14.4 Å². The van der Waals surface area contributed by atoms with Gasteiger partial charge in [0.1, 0.15) is 17.1 Å².